The van der Waals surface area contributed by atoms with Gasteiger partial charge in [-0.05, 0) is 25.7 Å². The van der Waals surface area contributed by atoms with E-state index in [9.17, 15) is 5.11 Å². The van der Waals surface area contributed by atoms with Gasteiger partial charge in [0.05, 0.1) is 11.8 Å². The summed E-state index contributed by atoms with van der Waals surface area (Å²) in [5.74, 6) is 0. The minimum Gasteiger partial charge on any atom is -0.493 e. The molecule has 68 valence electrons. The molecule has 0 spiro atoms. The van der Waals surface area contributed by atoms with E-state index in [0.717, 1.165) is 32.3 Å². The highest BCUT2D eigenvalue weighted by Crippen LogP contribution is 2.20. The van der Waals surface area contributed by atoms with Crippen LogP contribution in [-0.2, 0) is 4.74 Å². The van der Waals surface area contributed by atoms with E-state index >= 15 is 0 Å². The van der Waals surface area contributed by atoms with Crippen molar-refractivity contribution >= 4 is 0 Å². The Balaban J connectivity index is 1.74. The highest BCUT2D eigenvalue weighted by molar-refractivity contribution is 5.05. The molecule has 2 N–H and O–H groups in total. The van der Waals surface area contributed by atoms with Crippen LogP contribution in [0, 0.1) is 0 Å². The third-order valence-corrected chi connectivity index (χ3v) is 2.55. The van der Waals surface area contributed by atoms with E-state index in [1.165, 1.54) is 5.70 Å². The quantitative estimate of drug-likeness (QED) is 0.641. The zero-order valence-corrected chi connectivity index (χ0v) is 7.12. The number of nitrogens with one attached hydrogen (secondary N) is 1. The number of ether oxygens (including phenoxy) is 1. The number of rotatable bonds is 2. The summed E-state index contributed by atoms with van der Waals surface area (Å²) in [5, 5.41) is 12.7. The van der Waals surface area contributed by atoms with Crippen LogP contribution in [0.5, 0.6) is 0 Å². The molecule has 0 atom stereocenters. The molecule has 0 bridgehead atoms. The van der Waals surface area contributed by atoms with Gasteiger partial charge in [0.25, 0.3) is 0 Å². The highest BCUT2D eigenvalue weighted by atomic mass is 16.5. The number of aliphatic hydroxyl groups excluding tert-OH is 1. The maximum absolute atomic E-state index is 9.27. The Bertz CT molecular complexity index is 183. The summed E-state index contributed by atoms with van der Waals surface area (Å²) in [6.07, 6.45) is 5.74. The number of aliphatic hydroxyl groups is 1. The van der Waals surface area contributed by atoms with Crippen molar-refractivity contribution in [1.82, 2.24) is 5.32 Å². The lowest BCUT2D eigenvalue weighted by molar-refractivity contribution is 0.114. The Hall–Kier alpha value is -0.700. The van der Waals surface area contributed by atoms with Crippen molar-refractivity contribution < 1.29 is 9.84 Å². The molecule has 1 saturated carbocycles. The summed E-state index contributed by atoms with van der Waals surface area (Å²) in [6, 6.07) is 0.559. The summed E-state index contributed by atoms with van der Waals surface area (Å²) in [4.78, 5) is 0. The van der Waals surface area contributed by atoms with Gasteiger partial charge in [-0.2, -0.15) is 0 Å². The van der Waals surface area contributed by atoms with Gasteiger partial charge in [-0.15, -0.1) is 0 Å². The molecule has 12 heavy (non-hydrogen) atoms. The average molecular weight is 169 g/mol. The lowest BCUT2D eigenvalue weighted by atomic mass is 9.93. The van der Waals surface area contributed by atoms with Gasteiger partial charge in [-0.3, -0.25) is 0 Å². The molecule has 0 amide bonds. The van der Waals surface area contributed by atoms with E-state index in [1.54, 1.807) is 6.26 Å². The van der Waals surface area contributed by atoms with Gasteiger partial charge in [0.1, 0.15) is 12.9 Å². The van der Waals surface area contributed by atoms with Gasteiger partial charge < -0.3 is 15.2 Å². The van der Waals surface area contributed by atoms with Crippen molar-refractivity contribution in [1.29, 1.82) is 0 Å². The third kappa shape index (κ3) is 1.72. The van der Waals surface area contributed by atoms with Crippen LogP contribution >= 0.6 is 0 Å². The van der Waals surface area contributed by atoms with E-state index in [2.05, 4.69) is 5.32 Å². The van der Waals surface area contributed by atoms with Gasteiger partial charge in [-0.1, -0.05) is 0 Å². The average Bonchev–Trinajstić information content (AvgIpc) is 2.00. The normalized spacial score (nSPS) is 34.6. The molecule has 0 unspecified atom stereocenters. The first-order valence-electron chi connectivity index (χ1n) is 4.60. The van der Waals surface area contributed by atoms with E-state index in [-0.39, 0.29) is 6.10 Å². The van der Waals surface area contributed by atoms with Crippen LogP contribution in [-0.4, -0.2) is 23.9 Å². The smallest absolute Gasteiger partial charge is 0.130 e. The van der Waals surface area contributed by atoms with Crippen LogP contribution in [0.15, 0.2) is 12.0 Å². The van der Waals surface area contributed by atoms with Gasteiger partial charge >= 0.3 is 0 Å². The Morgan fingerprint density at radius 3 is 2.50 bits per heavy atom. The maximum atomic E-state index is 9.27. The molecule has 2 aliphatic rings. The van der Waals surface area contributed by atoms with Gasteiger partial charge in [0, 0.05) is 6.04 Å². The van der Waals surface area contributed by atoms with Crippen LogP contribution in [0.3, 0.4) is 0 Å². The molecule has 0 radical (unpaired) electrons. The van der Waals surface area contributed by atoms with Crippen LogP contribution in [0.25, 0.3) is 0 Å². The van der Waals surface area contributed by atoms with Crippen LogP contribution < -0.4 is 5.32 Å². The van der Waals surface area contributed by atoms with E-state index < -0.39 is 0 Å². The van der Waals surface area contributed by atoms with Crippen molar-refractivity contribution in [3.05, 3.63) is 12.0 Å². The minimum absolute atomic E-state index is 0.0605. The molecular weight excluding hydrogens is 154 g/mol. The molecule has 1 fully saturated rings. The Morgan fingerprint density at radius 2 is 2.00 bits per heavy atom. The lowest BCUT2D eigenvalue weighted by Gasteiger charge is -2.29. The molecule has 2 rings (SSSR count). The summed E-state index contributed by atoms with van der Waals surface area (Å²) in [6.45, 7) is 0.735. The highest BCUT2D eigenvalue weighted by Gasteiger charge is 2.20. The molecule has 0 aromatic heterocycles. The molecule has 0 aromatic rings. The van der Waals surface area contributed by atoms with E-state index in [1.807, 2.05) is 0 Å². The predicted octanol–water partition coefficient (Wildman–Crippen LogP) is 0.751. The predicted molar refractivity (Wildman–Crippen MR) is 45.4 cm³/mol. The molecule has 1 heterocycles. The second-order valence-electron chi connectivity index (χ2n) is 3.60. The Kier molecular flexibility index (Phi) is 2.21. The number of hydrogen-bond donors (Lipinski definition) is 2. The first-order valence-corrected chi connectivity index (χ1v) is 4.60. The SMILES string of the molecule is OC1CCC(NC2=COC2)CC1. The second-order valence-corrected chi connectivity index (χ2v) is 3.60. The van der Waals surface area contributed by atoms with Crippen molar-refractivity contribution in [3.63, 3.8) is 0 Å². The molecule has 0 aromatic carbocycles. The van der Waals surface area contributed by atoms with Crippen LogP contribution in [0.1, 0.15) is 25.7 Å². The molecule has 1 aliphatic heterocycles. The minimum atomic E-state index is -0.0605. The Labute approximate surface area is 72.4 Å². The summed E-state index contributed by atoms with van der Waals surface area (Å²) in [5.41, 5.74) is 1.20. The van der Waals surface area contributed by atoms with Crippen LogP contribution in [0.4, 0.5) is 0 Å². The molecule has 0 saturated heterocycles. The van der Waals surface area contributed by atoms with Crippen LogP contribution in [0.2, 0.25) is 0 Å². The van der Waals surface area contributed by atoms with E-state index in [4.69, 9.17) is 4.74 Å². The first-order chi connectivity index (χ1) is 5.84. The largest absolute Gasteiger partial charge is 0.493 e. The third-order valence-electron chi connectivity index (χ3n) is 2.55. The summed E-state index contributed by atoms with van der Waals surface area (Å²) in [7, 11) is 0. The standard InChI is InChI=1S/C9H15NO2/c11-9-3-1-7(2-4-9)10-8-5-12-6-8/h5,7,9-11H,1-4,6H2. The monoisotopic (exact) mass is 169 g/mol. The molecule has 1 aliphatic carbocycles. The molecular formula is C9H15NO2. The Morgan fingerprint density at radius 1 is 1.33 bits per heavy atom. The van der Waals surface area contributed by atoms with Crippen molar-refractivity contribution in [2.75, 3.05) is 6.61 Å². The number of hydrogen-bond acceptors (Lipinski definition) is 3. The van der Waals surface area contributed by atoms with Crippen molar-refractivity contribution in [3.8, 4) is 0 Å². The first kappa shape index (κ1) is 7.92. The van der Waals surface area contributed by atoms with Crippen molar-refractivity contribution in [2.45, 2.75) is 37.8 Å². The van der Waals surface area contributed by atoms with E-state index in [0.29, 0.717) is 6.04 Å². The molecule has 3 nitrogen and oxygen atoms in total. The van der Waals surface area contributed by atoms with Gasteiger partial charge in [0.2, 0.25) is 0 Å². The second kappa shape index (κ2) is 3.35. The summed E-state index contributed by atoms with van der Waals surface area (Å²) < 4.78 is 4.92. The van der Waals surface area contributed by atoms with Crippen molar-refractivity contribution in [2.24, 2.45) is 0 Å². The summed E-state index contributed by atoms with van der Waals surface area (Å²) >= 11 is 0. The fourth-order valence-corrected chi connectivity index (χ4v) is 1.72. The zero-order valence-electron chi connectivity index (χ0n) is 7.12. The topological polar surface area (TPSA) is 41.5 Å². The maximum Gasteiger partial charge on any atom is 0.130 e. The molecule has 3 heteroatoms. The fourth-order valence-electron chi connectivity index (χ4n) is 1.72. The lowest BCUT2D eigenvalue weighted by Crippen LogP contribution is -2.37. The van der Waals surface area contributed by atoms with Gasteiger partial charge in [-0.25, -0.2) is 0 Å². The zero-order chi connectivity index (χ0) is 8.39. The fraction of sp³-hybridized carbons (Fsp3) is 0.778. The van der Waals surface area contributed by atoms with Gasteiger partial charge in [0.15, 0.2) is 0 Å².